The van der Waals surface area contributed by atoms with Crippen LogP contribution in [0.2, 0.25) is 5.02 Å². The molecule has 23 heavy (non-hydrogen) atoms. The molecule has 0 bridgehead atoms. The van der Waals surface area contributed by atoms with E-state index in [9.17, 15) is 0 Å². The van der Waals surface area contributed by atoms with E-state index in [-0.39, 0.29) is 0 Å². The van der Waals surface area contributed by atoms with Crippen LogP contribution in [0.1, 0.15) is 5.56 Å². The average molecular weight is 391 g/mol. The molecule has 0 saturated carbocycles. The Balaban J connectivity index is 1.76. The van der Waals surface area contributed by atoms with Gasteiger partial charge in [-0.3, -0.25) is 0 Å². The molecule has 116 valence electrons. The molecule has 3 rings (SSSR count). The van der Waals surface area contributed by atoms with E-state index in [0.717, 1.165) is 15.8 Å². The number of benzene rings is 2. The van der Waals surface area contributed by atoms with Crippen LogP contribution in [0.4, 0.5) is 23.1 Å². The maximum absolute atomic E-state index is 5.87. The highest BCUT2D eigenvalue weighted by molar-refractivity contribution is 9.10. The average Bonchev–Trinajstić information content (AvgIpc) is 2.54. The number of aryl methyl sites for hydroxylation is 1. The lowest BCUT2D eigenvalue weighted by atomic mass is 10.2. The van der Waals surface area contributed by atoms with E-state index in [0.29, 0.717) is 16.8 Å². The number of nitrogens with one attached hydrogen (secondary N) is 2. The number of rotatable bonds is 4. The third-order valence-corrected chi connectivity index (χ3v) is 4.21. The largest absolute Gasteiger partial charge is 0.339 e. The van der Waals surface area contributed by atoms with E-state index >= 15 is 0 Å². The molecule has 0 unspecified atom stereocenters. The molecule has 0 amide bonds. The summed E-state index contributed by atoms with van der Waals surface area (Å²) in [5.41, 5.74) is 2.92. The van der Waals surface area contributed by atoms with Crippen LogP contribution in [0.25, 0.3) is 0 Å². The summed E-state index contributed by atoms with van der Waals surface area (Å²) in [7, 11) is 0. The van der Waals surface area contributed by atoms with Crippen LogP contribution in [0, 0.1) is 6.92 Å². The zero-order valence-corrected chi connectivity index (χ0v) is 14.6. The highest BCUT2D eigenvalue weighted by Gasteiger charge is 2.03. The smallest absolute Gasteiger partial charge is 0.249 e. The Morgan fingerprint density at radius 3 is 2.48 bits per heavy atom. The summed E-state index contributed by atoms with van der Waals surface area (Å²) in [6.45, 7) is 2.04. The van der Waals surface area contributed by atoms with Crippen LogP contribution in [-0.2, 0) is 0 Å². The number of hydrogen-bond acceptors (Lipinski definition) is 5. The number of halogens is 2. The molecular weight excluding hydrogens is 378 g/mol. The van der Waals surface area contributed by atoms with Gasteiger partial charge in [0.25, 0.3) is 0 Å². The van der Waals surface area contributed by atoms with Crippen molar-refractivity contribution in [2.24, 2.45) is 0 Å². The van der Waals surface area contributed by atoms with Gasteiger partial charge in [0.1, 0.15) is 0 Å². The second-order valence-corrected chi connectivity index (χ2v) is 6.18. The van der Waals surface area contributed by atoms with Gasteiger partial charge in [0.05, 0.1) is 6.20 Å². The van der Waals surface area contributed by atoms with Gasteiger partial charge in [-0.25, -0.2) is 0 Å². The Morgan fingerprint density at radius 2 is 1.74 bits per heavy atom. The molecule has 2 aromatic carbocycles. The minimum atomic E-state index is 0.406. The monoisotopic (exact) mass is 389 g/mol. The molecule has 2 N–H and O–H groups in total. The van der Waals surface area contributed by atoms with Crippen molar-refractivity contribution >= 4 is 50.7 Å². The summed E-state index contributed by atoms with van der Waals surface area (Å²) in [5, 5.41) is 14.9. The summed E-state index contributed by atoms with van der Waals surface area (Å²) in [6.07, 6.45) is 1.57. The van der Waals surface area contributed by atoms with Crippen LogP contribution in [0.15, 0.2) is 53.1 Å². The first-order valence-corrected chi connectivity index (χ1v) is 8.03. The van der Waals surface area contributed by atoms with Crippen molar-refractivity contribution in [3.05, 3.63) is 63.7 Å². The van der Waals surface area contributed by atoms with Crippen LogP contribution in [0.3, 0.4) is 0 Å². The first-order chi connectivity index (χ1) is 11.1. The van der Waals surface area contributed by atoms with Gasteiger partial charge in [-0.15, -0.1) is 5.10 Å². The summed E-state index contributed by atoms with van der Waals surface area (Å²) in [5.74, 6) is 1.01. The number of aromatic nitrogens is 3. The van der Waals surface area contributed by atoms with E-state index in [4.69, 9.17) is 11.6 Å². The van der Waals surface area contributed by atoms with Gasteiger partial charge in [0.15, 0.2) is 5.82 Å². The topological polar surface area (TPSA) is 62.7 Å². The standard InChI is InChI=1S/C16H13BrClN5/c1-10-2-5-13(8-14(10)17)20-15-9-19-23-16(22-15)21-12-6-3-11(18)4-7-12/h2-9H,1H3,(H2,20,21,22,23). The molecule has 0 spiro atoms. The molecule has 0 aliphatic carbocycles. The molecule has 0 aliphatic heterocycles. The number of nitrogens with zero attached hydrogens (tertiary/aromatic N) is 3. The first-order valence-electron chi connectivity index (χ1n) is 6.86. The predicted molar refractivity (Wildman–Crippen MR) is 96.7 cm³/mol. The van der Waals surface area contributed by atoms with E-state index in [1.165, 1.54) is 5.56 Å². The van der Waals surface area contributed by atoms with E-state index in [1.54, 1.807) is 18.3 Å². The summed E-state index contributed by atoms with van der Waals surface area (Å²) in [4.78, 5) is 4.39. The fourth-order valence-electron chi connectivity index (χ4n) is 1.90. The van der Waals surface area contributed by atoms with Crippen LogP contribution in [0.5, 0.6) is 0 Å². The predicted octanol–water partition coefficient (Wildman–Crippen LogP) is 5.08. The summed E-state index contributed by atoms with van der Waals surface area (Å²) in [6, 6.07) is 13.3. The lowest BCUT2D eigenvalue weighted by molar-refractivity contribution is 0.982. The Labute approximate surface area is 147 Å². The maximum Gasteiger partial charge on any atom is 0.249 e. The highest BCUT2D eigenvalue weighted by Crippen LogP contribution is 2.23. The van der Waals surface area contributed by atoms with Crippen LogP contribution >= 0.6 is 27.5 Å². The Hall–Kier alpha value is -2.18. The van der Waals surface area contributed by atoms with Crippen LogP contribution in [-0.4, -0.2) is 15.2 Å². The fraction of sp³-hybridized carbons (Fsp3) is 0.0625. The second kappa shape index (κ2) is 6.93. The van der Waals surface area contributed by atoms with Crippen molar-refractivity contribution in [3.63, 3.8) is 0 Å². The molecule has 7 heteroatoms. The molecule has 0 aliphatic rings. The zero-order valence-electron chi connectivity index (χ0n) is 12.2. The number of hydrogen-bond donors (Lipinski definition) is 2. The van der Waals surface area contributed by atoms with Crippen molar-refractivity contribution in [3.8, 4) is 0 Å². The molecule has 3 aromatic rings. The van der Waals surface area contributed by atoms with E-state index in [2.05, 4.69) is 41.7 Å². The molecular formula is C16H13BrClN5. The molecule has 1 heterocycles. The molecule has 0 atom stereocenters. The van der Waals surface area contributed by atoms with Crippen molar-refractivity contribution < 1.29 is 0 Å². The minimum Gasteiger partial charge on any atom is -0.339 e. The molecule has 0 radical (unpaired) electrons. The van der Waals surface area contributed by atoms with Crippen molar-refractivity contribution in [2.75, 3.05) is 10.6 Å². The molecule has 1 aromatic heterocycles. The third kappa shape index (κ3) is 4.18. The Kier molecular flexibility index (Phi) is 4.73. The second-order valence-electron chi connectivity index (χ2n) is 4.89. The van der Waals surface area contributed by atoms with Gasteiger partial charge in [0, 0.05) is 20.9 Å². The van der Waals surface area contributed by atoms with Gasteiger partial charge >= 0.3 is 0 Å². The van der Waals surface area contributed by atoms with Gasteiger partial charge in [0.2, 0.25) is 5.95 Å². The third-order valence-electron chi connectivity index (χ3n) is 3.10. The van der Waals surface area contributed by atoms with E-state index < -0.39 is 0 Å². The zero-order chi connectivity index (χ0) is 16.2. The van der Waals surface area contributed by atoms with Crippen molar-refractivity contribution in [1.29, 1.82) is 0 Å². The number of anilines is 4. The highest BCUT2D eigenvalue weighted by atomic mass is 79.9. The Morgan fingerprint density at radius 1 is 1.00 bits per heavy atom. The quantitative estimate of drug-likeness (QED) is 0.650. The normalized spacial score (nSPS) is 10.4. The van der Waals surface area contributed by atoms with Gasteiger partial charge in [-0.1, -0.05) is 33.6 Å². The van der Waals surface area contributed by atoms with Crippen molar-refractivity contribution in [1.82, 2.24) is 15.2 Å². The van der Waals surface area contributed by atoms with Gasteiger partial charge in [-0.2, -0.15) is 10.1 Å². The molecule has 5 nitrogen and oxygen atoms in total. The van der Waals surface area contributed by atoms with E-state index in [1.807, 2.05) is 37.3 Å². The molecule has 0 fully saturated rings. The Bertz CT molecular complexity index is 823. The van der Waals surface area contributed by atoms with Gasteiger partial charge in [-0.05, 0) is 48.9 Å². The SMILES string of the molecule is Cc1ccc(Nc2cnnc(Nc3ccc(Cl)cc3)n2)cc1Br. The summed E-state index contributed by atoms with van der Waals surface area (Å²) < 4.78 is 1.03. The first kappa shape index (κ1) is 15.7. The van der Waals surface area contributed by atoms with Crippen molar-refractivity contribution in [2.45, 2.75) is 6.92 Å². The lowest BCUT2D eigenvalue weighted by Gasteiger charge is -2.09. The van der Waals surface area contributed by atoms with Gasteiger partial charge < -0.3 is 10.6 Å². The minimum absolute atomic E-state index is 0.406. The lowest BCUT2D eigenvalue weighted by Crippen LogP contribution is -2.02. The molecule has 0 saturated heterocycles. The maximum atomic E-state index is 5.87. The summed E-state index contributed by atoms with van der Waals surface area (Å²) >= 11 is 9.38. The van der Waals surface area contributed by atoms with Crippen LogP contribution < -0.4 is 10.6 Å². The fourth-order valence-corrected chi connectivity index (χ4v) is 2.40.